The maximum atomic E-state index is 13.1. The van der Waals surface area contributed by atoms with Crippen LogP contribution in [0.1, 0.15) is 36.7 Å². The minimum absolute atomic E-state index is 0.270. The van der Waals surface area contributed by atoms with Crippen LogP contribution in [0.3, 0.4) is 0 Å². The Bertz CT molecular complexity index is 1220. The highest BCUT2D eigenvalue weighted by molar-refractivity contribution is 6.31. The first-order valence-electron chi connectivity index (χ1n) is 11.9. The largest absolute Gasteiger partial charge is 0.492 e. The van der Waals surface area contributed by atoms with Gasteiger partial charge in [-0.1, -0.05) is 37.6 Å². The van der Waals surface area contributed by atoms with Gasteiger partial charge in [-0.25, -0.2) is 4.79 Å². The molecule has 8 nitrogen and oxygen atoms in total. The van der Waals surface area contributed by atoms with Crippen LogP contribution in [0.25, 0.3) is 10.9 Å². The van der Waals surface area contributed by atoms with E-state index in [0.29, 0.717) is 31.3 Å². The van der Waals surface area contributed by atoms with E-state index in [1.54, 1.807) is 0 Å². The van der Waals surface area contributed by atoms with Gasteiger partial charge in [0.2, 0.25) is 0 Å². The Morgan fingerprint density at radius 2 is 2.03 bits per heavy atom. The second-order valence-corrected chi connectivity index (χ2v) is 9.64. The second kappa shape index (κ2) is 10.1. The summed E-state index contributed by atoms with van der Waals surface area (Å²) in [6, 6.07) is 13.5. The zero-order valence-corrected chi connectivity index (χ0v) is 20.6. The van der Waals surface area contributed by atoms with Crippen molar-refractivity contribution >= 4 is 28.6 Å². The molecule has 0 saturated heterocycles. The third-order valence-electron chi connectivity index (χ3n) is 6.21. The highest BCUT2D eigenvalue weighted by atomic mass is 35.5. The van der Waals surface area contributed by atoms with E-state index < -0.39 is 0 Å². The fraction of sp³-hybridized carbons (Fsp3) is 0.346. The van der Waals surface area contributed by atoms with Crippen LogP contribution in [0.2, 0.25) is 5.02 Å². The van der Waals surface area contributed by atoms with Gasteiger partial charge in [0, 0.05) is 40.6 Å². The van der Waals surface area contributed by atoms with Gasteiger partial charge < -0.3 is 19.9 Å². The number of aromatic amines is 1. The first-order valence-corrected chi connectivity index (χ1v) is 12.3. The third kappa shape index (κ3) is 5.04. The number of carbonyl (C=O) groups excluding carboxylic acids is 1. The average Bonchev–Trinajstić information content (AvgIpc) is 3.50. The molecule has 184 valence electrons. The van der Waals surface area contributed by atoms with Crippen LogP contribution in [-0.4, -0.2) is 47.3 Å². The summed E-state index contributed by atoms with van der Waals surface area (Å²) in [6.45, 7) is 6.25. The van der Waals surface area contributed by atoms with Crippen molar-refractivity contribution in [1.29, 1.82) is 0 Å². The number of nitrogens with zero attached hydrogens (tertiary/aromatic N) is 2. The minimum Gasteiger partial charge on any atom is -0.492 e. The topological polar surface area (TPSA) is 81.9 Å². The summed E-state index contributed by atoms with van der Waals surface area (Å²) in [7, 11) is 0. The van der Waals surface area contributed by atoms with Gasteiger partial charge in [0.15, 0.2) is 0 Å². The van der Waals surface area contributed by atoms with Crippen molar-refractivity contribution in [2.75, 3.05) is 26.3 Å². The number of ether oxygens (including phenoxy) is 2. The third-order valence-corrected chi connectivity index (χ3v) is 6.44. The molecule has 1 aromatic heterocycles. The van der Waals surface area contributed by atoms with Crippen LogP contribution < -0.4 is 15.7 Å². The summed E-state index contributed by atoms with van der Waals surface area (Å²) >= 11 is 6.30. The van der Waals surface area contributed by atoms with Crippen molar-refractivity contribution in [2.24, 2.45) is 5.92 Å². The van der Waals surface area contributed by atoms with Gasteiger partial charge in [0.25, 0.3) is 0 Å². The van der Waals surface area contributed by atoms with Crippen molar-refractivity contribution in [3.8, 4) is 5.75 Å². The van der Waals surface area contributed by atoms with Gasteiger partial charge in [0.1, 0.15) is 18.4 Å². The Hall–Kier alpha value is -3.36. The molecule has 3 aromatic rings. The molecule has 0 fully saturated rings. The number of carbonyl (C=O) groups is 1. The van der Waals surface area contributed by atoms with Crippen LogP contribution in [-0.2, 0) is 11.2 Å². The van der Waals surface area contributed by atoms with Crippen LogP contribution in [0.4, 0.5) is 4.79 Å². The lowest BCUT2D eigenvalue weighted by Gasteiger charge is -2.35. The number of H-pyrrole nitrogens is 1. The molecule has 2 aliphatic heterocycles. The lowest BCUT2D eigenvalue weighted by atomic mass is 9.92. The maximum absolute atomic E-state index is 13.1. The molecule has 1 unspecified atom stereocenters. The molecule has 0 saturated carbocycles. The SMILES string of the molecule is CC(C)COC(=O)N1CCc2c([nH]c3ccc(Cl)cc23)C1c1ccc(OCCN2C=CNN2)cc1. The normalized spacial score (nSPS) is 17.1. The van der Waals surface area contributed by atoms with Crippen LogP contribution in [0.15, 0.2) is 54.9 Å². The molecule has 0 bridgehead atoms. The zero-order chi connectivity index (χ0) is 24.4. The quantitative estimate of drug-likeness (QED) is 0.439. The Morgan fingerprint density at radius 1 is 1.20 bits per heavy atom. The number of benzene rings is 2. The number of amides is 1. The van der Waals surface area contributed by atoms with E-state index in [-0.39, 0.29) is 18.1 Å². The van der Waals surface area contributed by atoms with Gasteiger partial charge in [0.05, 0.1) is 13.2 Å². The van der Waals surface area contributed by atoms with Gasteiger partial charge in [-0.3, -0.25) is 9.91 Å². The van der Waals surface area contributed by atoms with E-state index in [9.17, 15) is 4.79 Å². The number of hydrogen-bond acceptors (Lipinski definition) is 6. The van der Waals surface area contributed by atoms with E-state index >= 15 is 0 Å². The summed E-state index contributed by atoms with van der Waals surface area (Å²) in [6.07, 6.45) is 4.17. The zero-order valence-electron chi connectivity index (χ0n) is 19.9. The average molecular weight is 496 g/mol. The van der Waals surface area contributed by atoms with Crippen molar-refractivity contribution in [1.82, 2.24) is 25.9 Å². The number of halogens is 1. The Labute approximate surface area is 209 Å². The van der Waals surface area contributed by atoms with Crippen molar-refractivity contribution in [3.05, 3.63) is 76.7 Å². The Balaban J connectivity index is 1.41. The molecule has 2 aliphatic rings. The lowest BCUT2D eigenvalue weighted by Crippen LogP contribution is -2.41. The molecule has 3 heterocycles. The molecule has 0 spiro atoms. The molecule has 0 radical (unpaired) electrons. The van der Waals surface area contributed by atoms with E-state index in [0.717, 1.165) is 34.3 Å². The lowest BCUT2D eigenvalue weighted by molar-refractivity contribution is 0.0797. The fourth-order valence-corrected chi connectivity index (χ4v) is 4.72. The monoisotopic (exact) mass is 495 g/mol. The number of hydrazine groups is 2. The first-order chi connectivity index (χ1) is 17.0. The molecular weight excluding hydrogens is 466 g/mol. The van der Waals surface area contributed by atoms with Crippen molar-refractivity contribution in [2.45, 2.75) is 26.3 Å². The van der Waals surface area contributed by atoms with Crippen LogP contribution in [0.5, 0.6) is 5.75 Å². The van der Waals surface area contributed by atoms with Gasteiger partial charge in [-0.05, 0) is 53.8 Å². The fourth-order valence-electron chi connectivity index (χ4n) is 4.55. The summed E-state index contributed by atoms with van der Waals surface area (Å²) in [5.41, 5.74) is 10.1. The predicted octanol–water partition coefficient (Wildman–Crippen LogP) is 4.74. The molecule has 5 rings (SSSR count). The molecule has 3 N–H and O–H groups in total. The minimum atomic E-state index is -0.300. The van der Waals surface area contributed by atoms with Crippen LogP contribution in [0, 0.1) is 5.92 Å². The number of aromatic nitrogens is 1. The maximum Gasteiger partial charge on any atom is 0.410 e. The first kappa shape index (κ1) is 23.4. The predicted molar refractivity (Wildman–Crippen MR) is 136 cm³/mol. The standard InChI is InChI=1S/C26H30ClN5O3/c1-17(2)16-35-26(33)32-11-9-21-22-15-19(27)5-8-23(22)29-24(21)25(32)18-3-6-20(7-4-18)34-14-13-31-12-10-28-30-31/h3-8,10,12,15,17,25,28-30H,9,11,13-14,16H2,1-2H3. The number of rotatable bonds is 7. The number of hydrogen-bond donors (Lipinski definition) is 3. The van der Waals surface area contributed by atoms with Gasteiger partial charge in [-0.15, -0.1) is 5.53 Å². The molecule has 1 amide bonds. The molecule has 1 atom stereocenters. The molecule has 0 aliphatic carbocycles. The van der Waals surface area contributed by atoms with Crippen molar-refractivity contribution in [3.63, 3.8) is 0 Å². The summed E-state index contributed by atoms with van der Waals surface area (Å²) in [5.74, 6) is 1.05. The van der Waals surface area contributed by atoms with E-state index in [2.05, 4.69) is 15.9 Å². The molecular formula is C26H30ClN5O3. The van der Waals surface area contributed by atoms with Gasteiger partial charge in [-0.2, -0.15) is 0 Å². The summed E-state index contributed by atoms with van der Waals surface area (Å²) in [5, 5.41) is 3.71. The molecule has 9 heteroatoms. The Morgan fingerprint density at radius 3 is 2.77 bits per heavy atom. The van der Waals surface area contributed by atoms with Gasteiger partial charge >= 0.3 is 6.09 Å². The summed E-state index contributed by atoms with van der Waals surface area (Å²) < 4.78 is 11.5. The highest BCUT2D eigenvalue weighted by Crippen LogP contribution is 2.39. The smallest absolute Gasteiger partial charge is 0.410 e. The number of nitrogens with one attached hydrogen (secondary N) is 3. The molecule has 35 heavy (non-hydrogen) atoms. The number of fused-ring (bicyclic) bond motifs is 3. The van der Waals surface area contributed by atoms with E-state index in [4.69, 9.17) is 21.1 Å². The highest BCUT2D eigenvalue weighted by Gasteiger charge is 2.35. The van der Waals surface area contributed by atoms with E-state index in [1.807, 2.05) is 78.6 Å². The van der Waals surface area contributed by atoms with Crippen LogP contribution >= 0.6 is 11.6 Å². The van der Waals surface area contributed by atoms with Crippen molar-refractivity contribution < 1.29 is 14.3 Å². The Kier molecular flexibility index (Phi) is 6.74. The second-order valence-electron chi connectivity index (χ2n) is 9.21. The molecule has 2 aromatic carbocycles. The summed E-state index contributed by atoms with van der Waals surface area (Å²) in [4.78, 5) is 18.5. The van der Waals surface area contributed by atoms with E-state index in [1.165, 1.54) is 5.56 Å².